The molecule has 5 nitrogen and oxygen atoms in total. The molecule has 0 bridgehead atoms. The van der Waals surface area contributed by atoms with Crippen LogP contribution < -0.4 is 5.32 Å². The fourth-order valence-corrected chi connectivity index (χ4v) is 2.50. The molecule has 0 radical (unpaired) electrons. The van der Waals surface area contributed by atoms with Crippen LogP contribution in [0.5, 0.6) is 0 Å². The number of nitrogens with zero attached hydrogens (tertiary/aromatic N) is 2. The molecule has 2 amide bonds. The number of likely N-dealkylation sites (tertiary alicyclic amines) is 1. The minimum absolute atomic E-state index is 0.0718. The topological polar surface area (TPSA) is 73.2 Å². The Morgan fingerprint density at radius 3 is 2.52 bits per heavy atom. The van der Waals surface area contributed by atoms with E-state index in [1.807, 2.05) is 41.3 Å². The lowest BCUT2D eigenvalue weighted by Crippen LogP contribution is -2.41. The average Bonchev–Trinajstić information content (AvgIpc) is 2.54. The van der Waals surface area contributed by atoms with E-state index in [0.29, 0.717) is 25.6 Å². The van der Waals surface area contributed by atoms with Crippen molar-refractivity contribution in [1.82, 2.24) is 10.2 Å². The highest BCUT2D eigenvalue weighted by Crippen LogP contribution is 2.18. The van der Waals surface area contributed by atoms with Crippen molar-refractivity contribution < 1.29 is 9.59 Å². The van der Waals surface area contributed by atoms with Gasteiger partial charge in [-0.25, -0.2) is 0 Å². The van der Waals surface area contributed by atoms with Crippen LogP contribution in [-0.2, 0) is 4.79 Å². The molecule has 1 heterocycles. The Labute approximate surface area is 124 Å². The second kappa shape index (κ2) is 7.44. The maximum Gasteiger partial charge on any atom is 0.253 e. The van der Waals surface area contributed by atoms with Crippen molar-refractivity contribution in [3.63, 3.8) is 0 Å². The Hall–Kier alpha value is -2.35. The molecule has 0 aromatic heterocycles. The van der Waals surface area contributed by atoms with E-state index in [4.69, 9.17) is 5.26 Å². The summed E-state index contributed by atoms with van der Waals surface area (Å²) in [5, 5.41) is 11.2. The van der Waals surface area contributed by atoms with Crippen LogP contribution in [-0.4, -0.2) is 36.3 Å². The summed E-state index contributed by atoms with van der Waals surface area (Å²) in [6.45, 7) is 2.02. The van der Waals surface area contributed by atoms with E-state index in [9.17, 15) is 9.59 Å². The summed E-state index contributed by atoms with van der Waals surface area (Å²) in [7, 11) is 0. The Morgan fingerprint density at radius 1 is 1.24 bits per heavy atom. The van der Waals surface area contributed by atoms with Crippen LogP contribution in [0, 0.1) is 17.2 Å². The van der Waals surface area contributed by atoms with Crippen molar-refractivity contribution in [3.8, 4) is 6.07 Å². The first-order chi connectivity index (χ1) is 10.2. The van der Waals surface area contributed by atoms with Crippen LogP contribution in [0.4, 0.5) is 0 Å². The number of carbonyl (C=O) groups excluding carboxylic acids is 2. The summed E-state index contributed by atoms with van der Waals surface area (Å²) < 4.78 is 0. The monoisotopic (exact) mass is 285 g/mol. The minimum Gasteiger partial charge on any atom is -0.355 e. The van der Waals surface area contributed by atoms with Crippen molar-refractivity contribution in [2.75, 3.05) is 19.6 Å². The van der Waals surface area contributed by atoms with Gasteiger partial charge in [-0.2, -0.15) is 5.26 Å². The minimum atomic E-state index is -0.222. The number of hydrogen-bond acceptors (Lipinski definition) is 3. The molecular weight excluding hydrogens is 266 g/mol. The summed E-state index contributed by atoms with van der Waals surface area (Å²) in [5.74, 6) is 0.232. The quantitative estimate of drug-likeness (QED) is 0.912. The molecule has 1 N–H and O–H groups in total. The lowest BCUT2D eigenvalue weighted by atomic mass is 9.96. The molecule has 0 aliphatic carbocycles. The normalized spacial score (nSPS) is 15.3. The Balaban J connectivity index is 1.77. The third-order valence-electron chi connectivity index (χ3n) is 3.75. The van der Waals surface area contributed by atoms with Crippen LogP contribution in [0.25, 0.3) is 0 Å². The number of rotatable bonds is 4. The number of nitriles is 1. The van der Waals surface area contributed by atoms with Gasteiger partial charge in [0.05, 0.1) is 6.07 Å². The van der Waals surface area contributed by atoms with Gasteiger partial charge >= 0.3 is 0 Å². The van der Waals surface area contributed by atoms with Crippen LogP contribution >= 0.6 is 0 Å². The van der Waals surface area contributed by atoms with Gasteiger partial charge in [-0.15, -0.1) is 0 Å². The van der Waals surface area contributed by atoms with E-state index in [-0.39, 0.29) is 18.2 Å². The van der Waals surface area contributed by atoms with Gasteiger partial charge in [-0.3, -0.25) is 9.59 Å². The van der Waals surface area contributed by atoms with Gasteiger partial charge in [0.25, 0.3) is 5.91 Å². The van der Waals surface area contributed by atoms with E-state index in [2.05, 4.69) is 5.32 Å². The van der Waals surface area contributed by atoms with Crippen LogP contribution in [0.1, 0.15) is 29.6 Å². The van der Waals surface area contributed by atoms with Crippen molar-refractivity contribution in [3.05, 3.63) is 35.9 Å². The van der Waals surface area contributed by atoms with Gasteiger partial charge in [0.15, 0.2) is 0 Å². The number of benzene rings is 1. The molecule has 1 aliphatic heterocycles. The third kappa shape index (κ3) is 4.32. The second-order valence-electron chi connectivity index (χ2n) is 5.24. The number of amides is 2. The summed E-state index contributed by atoms with van der Waals surface area (Å²) in [5.41, 5.74) is 0.721. The first-order valence-electron chi connectivity index (χ1n) is 7.18. The molecule has 1 saturated heterocycles. The predicted molar refractivity (Wildman–Crippen MR) is 78.3 cm³/mol. The van der Waals surface area contributed by atoms with Gasteiger partial charge in [-0.1, -0.05) is 18.2 Å². The molecule has 5 heteroatoms. The second-order valence-corrected chi connectivity index (χ2v) is 5.24. The number of nitrogens with one attached hydrogen (secondary N) is 1. The first-order valence-corrected chi connectivity index (χ1v) is 7.18. The highest BCUT2D eigenvalue weighted by molar-refractivity contribution is 5.94. The summed E-state index contributed by atoms with van der Waals surface area (Å²) in [6.07, 6.45) is 1.67. The van der Waals surface area contributed by atoms with E-state index in [1.54, 1.807) is 0 Å². The maximum absolute atomic E-state index is 12.3. The summed E-state index contributed by atoms with van der Waals surface area (Å²) in [4.78, 5) is 25.4. The molecular formula is C16H19N3O2. The molecule has 1 fully saturated rings. The van der Waals surface area contributed by atoms with Gasteiger partial charge in [0.2, 0.25) is 5.91 Å². The molecule has 21 heavy (non-hydrogen) atoms. The standard InChI is InChI=1S/C16H19N3O2/c17-9-6-15(20)18-12-13-7-10-19(11-8-13)16(21)14-4-2-1-3-5-14/h1-5,13H,6-8,10-12H2,(H,18,20). The summed E-state index contributed by atoms with van der Waals surface area (Å²) in [6, 6.07) is 11.1. The lowest BCUT2D eigenvalue weighted by molar-refractivity contribution is -0.120. The Kier molecular flexibility index (Phi) is 5.33. The van der Waals surface area contributed by atoms with Crippen molar-refractivity contribution in [1.29, 1.82) is 5.26 Å². The molecule has 2 rings (SSSR count). The largest absolute Gasteiger partial charge is 0.355 e. The first kappa shape index (κ1) is 15.0. The van der Waals surface area contributed by atoms with Gasteiger partial charge in [-0.05, 0) is 30.9 Å². The van der Waals surface area contributed by atoms with Crippen LogP contribution in [0.15, 0.2) is 30.3 Å². The van der Waals surface area contributed by atoms with Crippen LogP contribution in [0.3, 0.4) is 0 Å². The molecule has 0 atom stereocenters. The van der Waals surface area contributed by atoms with E-state index >= 15 is 0 Å². The van der Waals surface area contributed by atoms with Crippen molar-refractivity contribution in [2.45, 2.75) is 19.3 Å². The average molecular weight is 285 g/mol. The Bertz CT molecular complexity index is 528. The van der Waals surface area contributed by atoms with Gasteiger partial charge in [0.1, 0.15) is 6.42 Å². The fourth-order valence-electron chi connectivity index (χ4n) is 2.50. The third-order valence-corrected chi connectivity index (χ3v) is 3.75. The number of piperidine rings is 1. The molecule has 1 aromatic carbocycles. The van der Waals surface area contributed by atoms with E-state index < -0.39 is 0 Å². The van der Waals surface area contributed by atoms with Crippen LogP contribution in [0.2, 0.25) is 0 Å². The lowest BCUT2D eigenvalue weighted by Gasteiger charge is -2.32. The van der Waals surface area contributed by atoms with Crippen molar-refractivity contribution in [2.24, 2.45) is 5.92 Å². The van der Waals surface area contributed by atoms with E-state index in [1.165, 1.54) is 0 Å². The van der Waals surface area contributed by atoms with E-state index in [0.717, 1.165) is 18.4 Å². The predicted octanol–water partition coefficient (Wildman–Crippen LogP) is 1.57. The molecule has 0 unspecified atom stereocenters. The summed E-state index contributed by atoms with van der Waals surface area (Å²) >= 11 is 0. The number of hydrogen-bond donors (Lipinski definition) is 1. The zero-order chi connectivity index (χ0) is 15.1. The molecule has 110 valence electrons. The smallest absolute Gasteiger partial charge is 0.253 e. The Morgan fingerprint density at radius 2 is 1.90 bits per heavy atom. The SMILES string of the molecule is N#CCC(=O)NCC1CCN(C(=O)c2ccccc2)CC1. The highest BCUT2D eigenvalue weighted by atomic mass is 16.2. The highest BCUT2D eigenvalue weighted by Gasteiger charge is 2.23. The van der Waals surface area contributed by atoms with Gasteiger partial charge in [0, 0.05) is 25.2 Å². The zero-order valence-electron chi connectivity index (χ0n) is 11.9. The fraction of sp³-hybridized carbons (Fsp3) is 0.438. The molecule has 1 aliphatic rings. The van der Waals surface area contributed by atoms with Gasteiger partial charge < -0.3 is 10.2 Å². The number of carbonyl (C=O) groups is 2. The maximum atomic E-state index is 12.3. The molecule has 0 saturated carbocycles. The van der Waals surface area contributed by atoms with Crippen molar-refractivity contribution >= 4 is 11.8 Å². The zero-order valence-corrected chi connectivity index (χ0v) is 11.9. The molecule has 1 aromatic rings. The molecule has 0 spiro atoms.